The second-order valence-corrected chi connectivity index (χ2v) is 40.7. The largest absolute Gasteiger partial charge is 0.484 e. The number of ketones is 1. The van der Waals surface area contributed by atoms with Gasteiger partial charge in [0.2, 0.25) is 0 Å². The van der Waals surface area contributed by atoms with Crippen molar-refractivity contribution in [1.29, 1.82) is 0 Å². The van der Waals surface area contributed by atoms with Crippen molar-refractivity contribution < 1.29 is 118 Å². The smallest absolute Gasteiger partial charge is 0.459 e. The molecule has 23 nitrogen and oxygen atoms in total. The molecule has 16 rings (SSSR count). The van der Waals surface area contributed by atoms with Gasteiger partial charge in [-0.05, 0) is 261 Å². The molecule has 0 bridgehead atoms. The zero-order chi connectivity index (χ0) is 99.9. The molecule has 4 fully saturated rings. The number of aliphatic hydroxyl groups is 1. The Balaban J connectivity index is 0.000000164. The molecule has 1 atom stereocenters. The minimum Gasteiger partial charge on any atom is -0.484 e. The summed E-state index contributed by atoms with van der Waals surface area (Å²) >= 11 is 6.37. The summed E-state index contributed by atoms with van der Waals surface area (Å²) in [4.78, 5) is 83.8. The minimum absolute atomic E-state index is 0. The Kier molecular flexibility index (Phi) is 28.8. The van der Waals surface area contributed by atoms with Crippen molar-refractivity contribution in [2.45, 2.75) is 213 Å². The van der Waals surface area contributed by atoms with Crippen LogP contribution in [-0.4, -0.2) is 248 Å². The van der Waals surface area contributed by atoms with E-state index in [0.29, 0.717) is 169 Å². The standard InChI is InChI=1S/C25H30F5N3O3S.C24H29ClF3N3O2.C24H25F6N3O3.C21H26F3N5O.H2/c1-22(2,3)37(35,36)18-7-5-17(6-8-18)21(34)32-13-11-23(12-14-32)19-9-10-20(24(26,27)25(28,29)30)33(19)16-15-31(23)4;1-15-13-16(5-6-17(15)22(2,3)33)21(32)30-9-7-23(8-10-30)20-18(25)14-19(24(26,27)28)31(20)12-11-29(23)4;1-15-13-33-18(20(34)24(28,29)30)7-8-19(33)22(31(15)2)9-11-32(12-10-22)21(35)16-3-5-17(6-4-16)36-14-23(25,26)27;1-3-25-18-15(5-4-10-26-18)19(30)28-11-8-20(9-12-28)16-6-7-17(21(22,23)24)29(16)14-13-27(20)2;/h5-10H,11-16H2,1-4H3;5-6,13-14,33H,7-12H2,1-4H3;3-8,15H,9-14H2,1-2H3;4-7,10H,3,8-9,11-14H2,1-2H3,(H,25,26);1H/t;;15-;;/m..0../s1. The highest BCUT2D eigenvalue weighted by atomic mass is 35.5. The summed E-state index contributed by atoms with van der Waals surface area (Å²) in [5.41, 5.74) is -0.836. The van der Waals surface area contributed by atoms with Gasteiger partial charge in [-0.15, -0.1) is 0 Å². The number of hydrogen-bond acceptors (Lipinski definition) is 15. The number of nitrogens with one attached hydrogen (secondary N) is 1. The Morgan fingerprint density at radius 1 is 0.507 bits per heavy atom. The van der Waals surface area contributed by atoms with E-state index >= 15 is 0 Å². The molecule has 42 heteroatoms. The van der Waals surface area contributed by atoms with Gasteiger partial charge < -0.3 is 53.0 Å². The van der Waals surface area contributed by atoms with Gasteiger partial charge in [0, 0.05) is 152 Å². The number of halogens is 18. The van der Waals surface area contributed by atoms with Crippen molar-refractivity contribution in [2.24, 2.45) is 0 Å². The van der Waals surface area contributed by atoms with Gasteiger partial charge in [-0.1, -0.05) is 17.7 Å². The maximum absolute atomic E-state index is 14.2. The molecule has 8 aliphatic heterocycles. The normalized spacial score (nSPS) is 19.4. The van der Waals surface area contributed by atoms with E-state index in [1.54, 1.807) is 103 Å². The van der Waals surface area contributed by atoms with E-state index in [1.165, 1.54) is 80.4 Å². The third kappa shape index (κ3) is 19.9. The Morgan fingerprint density at radius 2 is 0.934 bits per heavy atom. The number of ether oxygens (including phenoxy) is 1. The molecule has 4 amide bonds. The lowest BCUT2D eigenvalue weighted by atomic mass is 9.80. The van der Waals surface area contributed by atoms with Gasteiger partial charge in [-0.3, -0.25) is 43.6 Å². The SMILES string of the molecule is CCNc1ncccc1C(=O)N1CCC2(CC1)c1ccc(C(F)(F)F)n1CCN2C.CN1CCn2c(ccc2C(F)(F)C(F)(F)F)C12CCN(C(=O)c1ccc(S(=O)(=O)C(C)(C)C)cc1)CC2.C[C@H]1Cn2c(C(=O)C(F)(F)F)ccc2C2(CCN(C(=O)c3ccc(OCC(F)(F)F)cc3)CC2)N1C.Cc1cc(C(=O)N2CCC3(CC2)c2c(Cl)cc(C(F)(F)F)n2CCN3C)ccc1C(C)(C)O.[HH]. The molecular formula is C94H112ClF17N14O9S. The zero-order valence-electron chi connectivity index (χ0n) is 77.1. The van der Waals surface area contributed by atoms with Crippen molar-refractivity contribution >= 4 is 56.7 Å². The monoisotopic (exact) mass is 1970 g/mol. The summed E-state index contributed by atoms with van der Waals surface area (Å²) in [5, 5.41) is 13.5. The fraction of sp³-hybridized carbons (Fsp3) is 0.532. The maximum Gasteiger partial charge on any atom is 0.459 e. The van der Waals surface area contributed by atoms with Gasteiger partial charge >= 0.3 is 36.8 Å². The van der Waals surface area contributed by atoms with Crippen molar-refractivity contribution in [2.75, 3.05) is 119 Å². The Hall–Kier alpha value is -10.1. The molecule has 4 spiro atoms. The summed E-state index contributed by atoms with van der Waals surface area (Å²) in [7, 11) is 4.01. The highest BCUT2D eigenvalue weighted by Crippen LogP contribution is 2.53. The molecule has 744 valence electrons. The first kappa shape index (κ1) is 103. The lowest BCUT2D eigenvalue weighted by Crippen LogP contribution is -2.59. The van der Waals surface area contributed by atoms with Crippen molar-refractivity contribution in [3.8, 4) is 5.75 Å². The molecule has 0 saturated carbocycles. The molecule has 0 radical (unpaired) electrons. The van der Waals surface area contributed by atoms with E-state index in [0.717, 1.165) is 27.8 Å². The van der Waals surface area contributed by atoms with E-state index in [4.69, 9.17) is 11.6 Å². The number of hydrogen-bond donors (Lipinski definition) is 2. The number of likely N-dealkylation sites (N-methyl/N-ethyl adjacent to an activating group) is 4. The third-order valence-electron chi connectivity index (χ3n) is 28.3. The number of carbonyl (C=O) groups is 5. The fourth-order valence-electron chi connectivity index (χ4n) is 20.6. The average Bonchev–Trinajstić information content (AvgIpc) is 1.44. The van der Waals surface area contributed by atoms with Crippen LogP contribution >= 0.6 is 11.6 Å². The quantitative estimate of drug-likeness (QED) is 0.0858. The number of aromatic nitrogens is 5. The minimum atomic E-state index is -5.70. The van der Waals surface area contributed by atoms with Gasteiger partial charge in [-0.25, -0.2) is 13.4 Å². The maximum atomic E-state index is 14.2. The Labute approximate surface area is 782 Å². The summed E-state index contributed by atoms with van der Waals surface area (Å²) in [6.07, 6.45) is -18.6. The van der Waals surface area contributed by atoms with E-state index in [-0.39, 0.29) is 90.7 Å². The first-order valence-corrected chi connectivity index (χ1v) is 46.5. The van der Waals surface area contributed by atoms with E-state index in [1.807, 2.05) is 53.9 Å². The number of sulfone groups is 1. The van der Waals surface area contributed by atoms with Gasteiger partial charge in [0.25, 0.3) is 29.4 Å². The zero-order valence-corrected chi connectivity index (χ0v) is 78.7. The number of benzene rings is 3. The molecule has 4 saturated heterocycles. The van der Waals surface area contributed by atoms with E-state index < -0.39 is 109 Å². The van der Waals surface area contributed by atoms with Crippen LogP contribution in [0.15, 0.2) is 132 Å². The number of rotatable bonds is 12. The first-order chi connectivity index (χ1) is 63.2. The van der Waals surface area contributed by atoms with E-state index in [2.05, 4.69) is 29.7 Å². The number of Topliss-reactive ketones (excluding diaryl/α,β-unsaturated/α-hetero) is 1. The van der Waals surface area contributed by atoms with Crippen LogP contribution in [0.1, 0.15) is 204 Å². The highest BCUT2D eigenvalue weighted by molar-refractivity contribution is 7.92. The molecule has 13 heterocycles. The lowest BCUT2D eigenvalue weighted by Gasteiger charge is -2.53. The summed E-state index contributed by atoms with van der Waals surface area (Å²) < 4.78 is 259. The molecule has 5 aromatic heterocycles. The topological polar surface area (TPSA) is 220 Å². The second kappa shape index (κ2) is 37.9. The van der Waals surface area contributed by atoms with E-state index in [9.17, 15) is 112 Å². The predicted molar refractivity (Wildman–Crippen MR) is 474 cm³/mol. The van der Waals surface area contributed by atoms with Crippen LogP contribution in [0, 0.1) is 6.92 Å². The summed E-state index contributed by atoms with van der Waals surface area (Å²) in [6.45, 7) is 18.2. The van der Waals surface area contributed by atoms with Gasteiger partial charge in [0.1, 0.15) is 23.0 Å². The molecule has 3 aromatic carbocycles. The molecule has 0 aliphatic carbocycles. The van der Waals surface area contributed by atoms with Crippen molar-refractivity contribution in [3.63, 3.8) is 0 Å². The molecule has 2 N–H and O–H groups in total. The number of likely N-dealkylation sites (tertiary alicyclic amines) is 4. The molecule has 8 aliphatic rings. The van der Waals surface area contributed by atoms with Crippen LogP contribution in [0.5, 0.6) is 5.75 Å². The molecular weight excluding hydrogens is 1860 g/mol. The number of anilines is 1. The number of pyridine rings is 1. The molecule has 8 aromatic rings. The second-order valence-electron chi connectivity index (χ2n) is 37.6. The number of alkyl halides is 17. The number of fused-ring (bicyclic) bond motifs is 8. The van der Waals surface area contributed by atoms with Crippen LogP contribution in [0.4, 0.5) is 80.5 Å². The molecule has 0 unspecified atom stereocenters. The van der Waals surface area contributed by atoms with Crippen molar-refractivity contribution in [3.05, 3.63) is 211 Å². The third-order valence-corrected chi connectivity index (χ3v) is 31.1. The number of nitrogens with zero attached hydrogens (tertiary/aromatic N) is 13. The summed E-state index contributed by atoms with van der Waals surface area (Å²) in [5.74, 6) is -7.12. The highest BCUT2D eigenvalue weighted by Gasteiger charge is 2.62. The Bertz CT molecular complexity index is 5850. The van der Waals surface area contributed by atoms with Gasteiger partial charge in [0.05, 0.1) is 65.1 Å². The first-order valence-electron chi connectivity index (χ1n) is 44.6. The fourth-order valence-corrected chi connectivity index (χ4v) is 22.2. The number of aryl methyl sites for hydroxylation is 1. The van der Waals surface area contributed by atoms with Crippen LogP contribution in [0.3, 0.4) is 0 Å². The number of piperidine rings is 4. The van der Waals surface area contributed by atoms with Gasteiger partial charge in [-0.2, -0.15) is 74.6 Å². The number of carbonyl (C=O) groups excluding carboxylic acids is 5. The summed E-state index contributed by atoms with van der Waals surface area (Å²) in [6, 6.07) is 28.6. The van der Waals surface area contributed by atoms with Crippen molar-refractivity contribution in [1.82, 2.24) is 62.5 Å². The van der Waals surface area contributed by atoms with Crippen LogP contribution in [0.25, 0.3) is 0 Å². The van der Waals surface area contributed by atoms with Crippen LogP contribution in [-0.2, 0) is 82.0 Å². The predicted octanol–water partition coefficient (Wildman–Crippen LogP) is 17.9. The number of amides is 4. The van der Waals surface area contributed by atoms with Crippen LogP contribution in [0.2, 0.25) is 5.02 Å². The van der Waals surface area contributed by atoms with Gasteiger partial charge in [0.15, 0.2) is 16.4 Å². The molecule has 136 heavy (non-hydrogen) atoms. The van der Waals surface area contributed by atoms with Crippen LogP contribution < -0.4 is 10.1 Å². The Morgan fingerprint density at radius 3 is 1.39 bits per heavy atom. The lowest BCUT2D eigenvalue weighted by molar-refractivity contribution is -0.292. The average molecular weight is 1970 g/mol.